The third-order valence-electron chi connectivity index (χ3n) is 5.47. The fourth-order valence-electron chi connectivity index (χ4n) is 4.49. The smallest absolute Gasteiger partial charge is 0.0164 e. The van der Waals surface area contributed by atoms with Gasteiger partial charge >= 0.3 is 0 Å². The predicted molar refractivity (Wildman–Crippen MR) is 89.7 cm³/mol. The molecular formula is C19H30N2. The highest BCUT2D eigenvalue weighted by Gasteiger charge is 2.33. The molecule has 0 bridgehead atoms. The van der Waals surface area contributed by atoms with Gasteiger partial charge in [0.1, 0.15) is 0 Å². The van der Waals surface area contributed by atoms with Crippen LogP contribution in [0.5, 0.6) is 0 Å². The minimum atomic E-state index is 0.758. The number of hydrogen-bond acceptors (Lipinski definition) is 2. The molecule has 0 spiro atoms. The lowest BCUT2D eigenvalue weighted by atomic mass is 9.78. The molecule has 1 aromatic rings. The van der Waals surface area contributed by atoms with Gasteiger partial charge < -0.3 is 5.32 Å². The Balaban J connectivity index is 1.72. The van der Waals surface area contributed by atoms with Crippen LogP contribution in [0.3, 0.4) is 0 Å². The van der Waals surface area contributed by atoms with Crippen LogP contribution < -0.4 is 5.32 Å². The van der Waals surface area contributed by atoms with Gasteiger partial charge in [-0.15, -0.1) is 0 Å². The lowest BCUT2D eigenvalue weighted by Gasteiger charge is -2.44. The second-order valence-corrected chi connectivity index (χ2v) is 6.93. The predicted octanol–water partition coefficient (Wildman–Crippen LogP) is 3.64. The first-order valence-electron chi connectivity index (χ1n) is 8.82. The molecule has 2 heteroatoms. The largest absolute Gasteiger partial charge is 0.319 e. The third-order valence-corrected chi connectivity index (χ3v) is 5.47. The summed E-state index contributed by atoms with van der Waals surface area (Å²) in [5.41, 5.74) is 1.57. The van der Waals surface area contributed by atoms with E-state index in [9.17, 15) is 0 Å². The highest BCUT2D eigenvalue weighted by atomic mass is 15.2. The molecule has 0 amide bonds. The van der Waals surface area contributed by atoms with E-state index in [1.807, 2.05) is 0 Å². The van der Waals surface area contributed by atoms with E-state index in [0.717, 1.165) is 17.9 Å². The second-order valence-electron chi connectivity index (χ2n) is 6.93. The molecule has 3 rings (SSSR count). The van der Waals surface area contributed by atoms with E-state index in [2.05, 4.69) is 47.6 Å². The van der Waals surface area contributed by atoms with Crippen LogP contribution in [0, 0.1) is 5.92 Å². The summed E-state index contributed by atoms with van der Waals surface area (Å²) in [5, 5.41) is 3.38. The van der Waals surface area contributed by atoms with Crippen molar-refractivity contribution in [2.75, 3.05) is 26.7 Å². The van der Waals surface area contributed by atoms with Gasteiger partial charge in [-0.1, -0.05) is 43.2 Å². The van der Waals surface area contributed by atoms with Gasteiger partial charge in [0, 0.05) is 12.6 Å². The zero-order valence-electron chi connectivity index (χ0n) is 13.4. The van der Waals surface area contributed by atoms with E-state index in [1.165, 1.54) is 58.2 Å². The lowest BCUT2D eigenvalue weighted by Crippen LogP contribution is -2.48. The molecule has 3 unspecified atom stereocenters. The molecule has 21 heavy (non-hydrogen) atoms. The van der Waals surface area contributed by atoms with Crippen LogP contribution in [0.25, 0.3) is 0 Å². The third kappa shape index (κ3) is 3.67. The number of piperidine rings is 1. The molecule has 1 saturated carbocycles. The second kappa shape index (κ2) is 7.42. The molecule has 1 N–H and O–H groups in total. The average molecular weight is 286 g/mol. The summed E-state index contributed by atoms with van der Waals surface area (Å²) in [4.78, 5) is 2.82. The Hall–Kier alpha value is -0.860. The first-order valence-corrected chi connectivity index (χ1v) is 8.82. The van der Waals surface area contributed by atoms with Gasteiger partial charge in [-0.3, -0.25) is 4.90 Å². The van der Waals surface area contributed by atoms with Gasteiger partial charge in [-0.2, -0.15) is 0 Å². The summed E-state index contributed by atoms with van der Waals surface area (Å²) in [5.74, 6) is 1.61. The molecule has 1 heterocycles. The Morgan fingerprint density at radius 3 is 2.67 bits per heavy atom. The maximum absolute atomic E-state index is 3.38. The summed E-state index contributed by atoms with van der Waals surface area (Å²) >= 11 is 0. The molecule has 0 aromatic heterocycles. The van der Waals surface area contributed by atoms with Crippen LogP contribution in [0.1, 0.15) is 50.0 Å². The molecule has 2 nitrogen and oxygen atoms in total. The highest BCUT2D eigenvalue weighted by molar-refractivity contribution is 5.22. The molecule has 1 saturated heterocycles. The number of likely N-dealkylation sites (tertiary alicyclic amines) is 1. The minimum Gasteiger partial charge on any atom is -0.319 e. The van der Waals surface area contributed by atoms with E-state index in [4.69, 9.17) is 0 Å². The fourth-order valence-corrected chi connectivity index (χ4v) is 4.49. The van der Waals surface area contributed by atoms with Crippen molar-refractivity contribution in [3.63, 3.8) is 0 Å². The molecule has 3 atom stereocenters. The van der Waals surface area contributed by atoms with Crippen molar-refractivity contribution < 1.29 is 0 Å². The summed E-state index contributed by atoms with van der Waals surface area (Å²) in [7, 11) is 2.09. The minimum absolute atomic E-state index is 0.758. The van der Waals surface area contributed by atoms with Crippen LogP contribution in [0.4, 0.5) is 0 Å². The van der Waals surface area contributed by atoms with E-state index in [1.54, 1.807) is 5.56 Å². The van der Waals surface area contributed by atoms with E-state index in [-0.39, 0.29) is 0 Å². The standard InChI is InChI=1S/C19H30N2/c1-20-14-16-8-7-13-21(15-16)19-12-6-5-11-18(19)17-9-3-2-4-10-17/h2-4,9-10,16,18-20H,5-8,11-15H2,1H3. The van der Waals surface area contributed by atoms with Gasteiger partial charge in [-0.25, -0.2) is 0 Å². The first kappa shape index (κ1) is 15.1. The molecule has 1 aliphatic heterocycles. The Bertz CT molecular complexity index is 415. The number of rotatable bonds is 4. The van der Waals surface area contributed by atoms with Gasteiger partial charge in [0.15, 0.2) is 0 Å². The Morgan fingerprint density at radius 1 is 1.05 bits per heavy atom. The van der Waals surface area contributed by atoms with Crippen molar-refractivity contribution in [1.82, 2.24) is 10.2 Å². The molecule has 1 aliphatic carbocycles. The van der Waals surface area contributed by atoms with Crippen LogP contribution in [0.2, 0.25) is 0 Å². The number of benzene rings is 1. The molecule has 2 fully saturated rings. The van der Waals surface area contributed by atoms with Crippen molar-refractivity contribution in [1.29, 1.82) is 0 Å². The molecule has 1 aromatic carbocycles. The lowest BCUT2D eigenvalue weighted by molar-refractivity contribution is 0.0848. The maximum Gasteiger partial charge on any atom is 0.0164 e. The zero-order valence-corrected chi connectivity index (χ0v) is 13.4. The van der Waals surface area contributed by atoms with Gasteiger partial charge in [0.25, 0.3) is 0 Å². The first-order chi connectivity index (χ1) is 10.4. The maximum atomic E-state index is 3.38. The SMILES string of the molecule is CNCC1CCCN(C2CCCCC2c2ccccc2)C1. The zero-order chi connectivity index (χ0) is 14.5. The van der Waals surface area contributed by atoms with Gasteiger partial charge in [0.2, 0.25) is 0 Å². The summed E-state index contributed by atoms with van der Waals surface area (Å²) in [6, 6.07) is 12.0. The molecule has 0 radical (unpaired) electrons. The van der Waals surface area contributed by atoms with Crippen LogP contribution in [-0.2, 0) is 0 Å². The summed E-state index contributed by atoms with van der Waals surface area (Å²) < 4.78 is 0. The monoisotopic (exact) mass is 286 g/mol. The average Bonchev–Trinajstić information content (AvgIpc) is 2.56. The summed E-state index contributed by atoms with van der Waals surface area (Å²) in [6.45, 7) is 3.79. The number of nitrogens with zero attached hydrogens (tertiary/aromatic N) is 1. The van der Waals surface area contributed by atoms with E-state index >= 15 is 0 Å². The fraction of sp³-hybridized carbons (Fsp3) is 0.684. The topological polar surface area (TPSA) is 15.3 Å². The molecule has 2 aliphatic rings. The normalized spacial score (nSPS) is 31.2. The van der Waals surface area contributed by atoms with Crippen LogP contribution in [-0.4, -0.2) is 37.6 Å². The quantitative estimate of drug-likeness (QED) is 0.909. The van der Waals surface area contributed by atoms with Gasteiger partial charge in [0.05, 0.1) is 0 Å². The van der Waals surface area contributed by atoms with Crippen molar-refractivity contribution in [2.24, 2.45) is 5.92 Å². The van der Waals surface area contributed by atoms with Crippen molar-refractivity contribution in [2.45, 2.75) is 50.5 Å². The van der Waals surface area contributed by atoms with Crippen LogP contribution >= 0.6 is 0 Å². The van der Waals surface area contributed by atoms with Crippen molar-refractivity contribution in [3.8, 4) is 0 Å². The Labute approximate surface area is 129 Å². The van der Waals surface area contributed by atoms with Crippen molar-refractivity contribution >= 4 is 0 Å². The van der Waals surface area contributed by atoms with E-state index in [0.29, 0.717) is 0 Å². The highest BCUT2D eigenvalue weighted by Crippen LogP contribution is 2.37. The molecular weight excluding hydrogens is 256 g/mol. The molecule has 116 valence electrons. The Morgan fingerprint density at radius 2 is 1.86 bits per heavy atom. The van der Waals surface area contributed by atoms with E-state index < -0.39 is 0 Å². The summed E-state index contributed by atoms with van der Waals surface area (Å²) in [6.07, 6.45) is 8.38. The number of nitrogens with one attached hydrogen (secondary N) is 1. The van der Waals surface area contributed by atoms with Gasteiger partial charge in [-0.05, 0) is 63.2 Å². The number of hydrogen-bond donors (Lipinski definition) is 1. The van der Waals surface area contributed by atoms with Crippen LogP contribution in [0.15, 0.2) is 30.3 Å². The Kier molecular flexibility index (Phi) is 5.32. The van der Waals surface area contributed by atoms with Crippen molar-refractivity contribution in [3.05, 3.63) is 35.9 Å².